The van der Waals surface area contributed by atoms with E-state index in [-0.39, 0.29) is 25.2 Å². The molecule has 2 fully saturated rings. The zero-order valence-corrected chi connectivity index (χ0v) is 29.1. The number of benzene rings is 3. The van der Waals surface area contributed by atoms with Crippen LogP contribution >= 0.6 is 11.6 Å². The number of aromatic nitrogens is 1. The Labute approximate surface area is 297 Å². The van der Waals surface area contributed by atoms with Crippen LogP contribution in [0.25, 0.3) is 22.4 Å². The van der Waals surface area contributed by atoms with Crippen molar-refractivity contribution >= 4 is 17.6 Å². The number of methoxy groups -OCH3 is 1. The number of carbonyl (C=O) groups is 1. The number of hydrogen-bond acceptors (Lipinski definition) is 8. The average molecular weight is 693 g/mol. The minimum Gasteiger partial charge on any atom is -0.488 e. The number of rotatable bonds is 11. The smallest absolute Gasteiger partial charge is 0.307 e. The number of aliphatic hydroxyl groups is 1. The maximum atomic E-state index is 11.5. The van der Waals surface area contributed by atoms with Crippen LogP contribution in [0, 0.1) is 30.1 Å². The van der Waals surface area contributed by atoms with Crippen LogP contribution in [0.15, 0.2) is 60.7 Å². The van der Waals surface area contributed by atoms with Crippen LogP contribution in [-0.2, 0) is 24.4 Å². The average Bonchev–Trinajstić information content (AvgIpc) is 3.77. The summed E-state index contributed by atoms with van der Waals surface area (Å²) in [4.78, 5) is 20.9. The van der Waals surface area contributed by atoms with Gasteiger partial charge >= 0.3 is 5.97 Å². The third-order valence-corrected chi connectivity index (χ3v) is 11.1. The molecule has 2 atom stereocenters. The van der Waals surface area contributed by atoms with Crippen molar-refractivity contribution in [2.75, 3.05) is 39.9 Å². The van der Waals surface area contributed by atoms with Gasteiger partial charge in [-0.15, -0.1) is 0 Å². The molecule has 1 aliphatic carbocycles. The summed E-state index contributed by atoms with van der Waals surface area (Å²) in [6, 6.07) is 22.5. The SMILES string of the molecule is COc1nc(-c2cccc(-c3cccc(COc4ccc5c(c4C#N)CC[C@H]5N4CC[C@@H](C(=O)O)C4)c3C)c2Cl)ccc1CN1CC(CO)C1. The highest BCUT2D eigenvalue weighted by atomic mass is 35.5. The molecule has 3 aliphatic rings. The van der Waals surface area contributed by atoms with E-state index in [2.05, 4.69) is 34.9 Å². The number of ether oxygens (including phenoxy) is 2. The Balaban J connectivity index is 1.09. The third kappa shape index (κ3) is 6.45. The van der Waals surface area contributed by atoms with E-state index >= 15 is 0 Å². The second kappa shape index (κ2) is 14.4. The number of carboxylic acids is 1. The van der Waals surface area contributed by atoms with Gasteiger partial charge in [0.25, 0.3) is 0 Å². The highest BCUT2D eigenvalue weighted by Crippen LogP contribution is 2.43. The van der Waals surface area contributed by atoms with Gasteiger partial charge in [0.15, 0.2) is 0 Å². The van der Waals surface area contributed by atoms with Crippen molar-refractivity contribution in [1.82, 2.24) is 14.8 Å². The summed E-state index contributed by atoms with van der Waals surface area (Å²) in [5, 5.41) is 29.6. The van der Waals surface area contributed by atoms with E-state index in [0.717, 1.165) is 82.7 Å². The molecule has 0 bridgehead atoms. The number of aliphatic carboxylic acids is 1. The number of nitrogens with zero attached hydrogens (tertiary/aromatic N) is 4. The fourth-order valence-corrected chi connectivity index (χ4v) is 8.18. The lowest BCUT2D eigenvalue weighted by atomic mass is 9.94. The fraction of sp³-hybridized carbons (Fsp3) is 0.375. The summed E-state index contributed by atoms with van der Waals surface area (Å²) in [6.45, 7) is 6.30. The molecule has 0 unspecified atom stereocenters. The lowest BCUT2D eigenvalue weighted by Crippen LogP contribution is -2.47. The first kappa shape index (κ1) is 34.0. The topological polar surface area (TPSA) is 119 Å². The van der Waals surface area contributed by atoms with Gasteiger partial charge < -0.3 is 19.7 Å². The summed E-state index contributed by atoms with van der Waals surface area (Å²) in [6.07, 6.45) is 2.30. The molecule has 10 heteroatoms. The monoisotopic (exact) mass is 692 g/mol. The first-order chi connectivity index (χ1) is 24.3. The number of likely N-dealkylation sites (tertiary alicyclic amines) is 2. The van der Waals surface area contributed by atoms with Crippen LogP contribution < -0.4 is 9.47 Å². The zero-order valence-electron chi connectivity index (χ0n) is 28.4. The fourth-order valence-electron chi connectivity index (χ4n) is 7.86. The number of hydrogen-bond donors (Lipinski definition) is 2. The standard InChI is InChI=1S/C40H41ClN4O5/c1-24-28(23-50-37-14-11-31-30(34(37)17-42)10-13-36(31)45-16-15-27(21-45)40(47)48)5-3-6-29(24)32-7-4-8-33(38(32)41)35-12-9-26(39(43-35)49-2)20-44-18-25(19-44)22-46/h3-9,11-12,14,25,27,36,46H,10,13,15-16,18-23H2,1-2H3,(H,47,48)/t27-,36-/m1/s1. The van der Waals surface area contributed by atoms with Crippen LogP contribution in [-0.4, -0.2) is 70.9 Å². The number of aliphatic hydroxyl groups excluding tert-OH is 1. The predicted octanol–water partition coefficient (Wildman–Crippen LogP) is 6.65. The van der Waals surface area contributed by atoms with Crippen molar-refractivity contribution < 1.29 is 24.5 Å². The molecule has 3 heterocycles. The molecule has 3 aromatic carbocycles. The Bertz CT molecular complexity index is 1970. The molecule has 258 valence electrons. The van der Waals surface area contributed by atoms with E-state index < -0.39 is 5.97 Å². The molecule has 0 spiro atoms. The Morgan fingerprint density at radius 1 is 1.02 bits per heavy atom. The van der Waals surface area contributed by atoms with Gasteiger partial charge in [0, 0.05) is 61.4 Å². The number of halogens is 1. The van der Waals surface area contributed by atoms with Crippen LogP contribution in [0.3, 0.4) is 0 Å². The molecular formula is C40H41ClN4O5. The van der Waals surface area contributed by atoms with Gasteiger partial charge in [0.1, 0.15) is 18.4 Å². The summed E-state index contributed by atoms with van der Waals surface area (Å²) < 4.78 is 12.0. The van der Waals surface area contributed by atoms with Gasteiger partial charge in [-0.3, -0.25) is 14.6 Å². The van der Waals surface area contributed by atoms with Gasteiger partial charge in [0.05, 0.1) is 29.3 Å². The van der Waals surface area contributed by atoms with E-state index in [1.54, 1.807) is 7.11 Å². The first-order valence-electron chi connectivity index (χ1n) is 17.2. The number of pyridine rings is 1. The molecule has 50 heavy (non-hydrogen) atoms. The summed E-state index contributed by atoms with van der Waals surface area (Å²) >= 11 is 7.12. The highest BCUT2D eigenvalue weighted by Gasteiger charge is 2.37. The van der Waals surface area contributed by atoms with Gasteiger partial charge in [-0.2, -0.15) is 5.26 Å². The second-order valence-electron chi connectivity index (χ2n) is 13.6. The summed E-state index contributed by atoms with van der Waals surface area (Å²) in [5.74, 6) is 0.396. The largest absolute Gasteiger partial charge is 0.488 e. The summed E-state index contributed by atoms with van der Waals surface area (Å²) in [5.41, 5.74) is 9.11. The summed E-state index contributed by atoms with van der Waals surface area (Å²) in [7, 11) is 1.63. The maximum Gasteiger partial charge on any atom is 0.307 e. The number of carboxylic acid groups (broad SMARTS) is 1. The molecule has 1 aromatic heterocycles. The van der Waals surface area contributed by atoms with Crippen molar-refractivity contribution in [2.24, 2.45) is 11.8 Å². The van der Waals surface area contributed by atoms with Crippen LogP contribution in [0.1, 0.15) is 52.3 Å². The highest BCUT2D eigenvalue weighted by molar-refractivity contribution is 6.36. The van der Waals surface area contributed by atoms with Gasteiger partial charge in [0.2, 0.25) is 5.88 Å². The predicted molar refractivity (Wildman–Crippen MR) is 191 cm³/mol. The molecule has 2 saturated heterocycles. The van der Waals surface area contributed by atoms with Crippen molar-refractivity contribution in [3.8, 4) is 40.1 Å². The van der Waals surface area contributed by atoms with E-state index in [1.807, 2.05) is 48.5 Å². The minimum absolute atomic E-state index is 0.134. The normalized spacial score (nSPS) is 19.2. The van der Waals surface area contributed by atoms with Crippen LogP contribution in [0.5, 0.6) is 11.6 Å². The Hall–Kier alpha value is -4.46. The van der Waals surface area contributed by atoms with E-state index in [9.17, 15) is 20.3 Å². The van der Waals surface area contributed by atoms with Crippen molar-refractivity contribution in [1.29, 1.82) is 5.26 Å². The lowest BCUT2D eigenvalue weighted by molar-refractivity contribution is -0.141. The minimum atomic E-state index is -0.735. The molecule has 4 aromatic rings. The molecule has 0 radical (unpaired) electrons. The van der Waals surface area contributed by atoms with Crippen molar-refractivity contribution in [2.45, 2.75) is 45.4 Å². The Morgan fingerprint density at radius 3 is 2.54 bits per heavy atom. The Morgan fingerprint density at radius 2 is 1.80 bits per heavy atom. The van der Waals surface area contributed by atoms with Gasteiger partial charge in [-0.05, 0) is 72.7 Å². The van der Waals surface area contributed by atoms with Gasteiger partial charge in [-0.1, -0.05) is 60.1 Å². The van der Waals surface area contributed by atoms with Crippen molar-refractivity contribution in [3.05, 3.63) is 99.1 Å². The second-order valence-corrected chi connectivity index (χ2v) is 14.0. The van der Waals surface area contributed by atoms with E-state index in [1.165, 1.54) is 0 Å². The van der Waals surface area contributed by atoms with Gasteiger partial charge in [-0.25, -0.2) is 4.98 Å². The van der Waals surface area contributed by atoms with Crippen molar-refractivity contribution in [3.63, 3.8) is 0 Å². The third-order valence-electron chi connectivity index (χ3n) is 10.7. The number of nitriles is 1. The van der Waals surface area contributed by atoms with Crippen LogP contribution in [0.4, 0.5) is 0 Å². The molecular weight excluding hydrogens is 652 g/mol. The molecule has 9 nitrogen and oxygen atoms in total. The maximum absolute atomic E-state index is 11.5. The first-order valence-corrected chi connectivity index (χ1v) is 17.6. The van der Waals surface area contributed by atoms with E-state index in [0.29, 0.717) is 47.6 Å². The number of fused-ring (bicyclic) bond motifs is 1. The molecule has 2 aliphatic heterocycles. The lowest BCUT2D eigenvalue weighted by Gasteiger charge is -2.38. The van der Waals surface area contributed by atoms with Crippen LogP contribution in [0.2, 0.25) is 5.02 Å². The molecule has 7 rings (SSSR count). The Kier molecular flexibility index (Phi) is 9.80. The molecule has 2 N–H and O–H groups in total. The zero-order chi connectivity index (χ0) is 34.9. The molecule has 0 saturated carbocycles. The quantitative estimate of drug-likeness (QED) is 0.178. The van der Waals surface area contributed by atoms with E-state index in [4.69, 9.17) is 26.1 Å². The molecule has 0 amide bonds.